The van der Waals surface area contributed by atoms with Crippen LogP contribution in [0.4, 0.5) is 0 Å². The monoisotopic (exact) mass is 207 g/mol. The second-order valence-electron chi connectivity index (χ2n) is 2.65. The molecule has 0 fully saturated rings. The summed E-state index contributed by atoms with van der Waals surface area (Å²) in [6.45, 7) is 9.30. The van der Waals surface area contributed by atoms with Crippen molar-refractivity contribution in [2.24, 2.45) is 0 Å². The molecule has 5 heteroatoms. The summed E-state index contributed by atoms with van der Waals surface area (Å²) in [6, 6.07) is 0. The molecule has 0 saturated heterocycles. The van der Waals surface area contributed by atoms with Crippen molar-refractivity contribution >= 4 is 10.1 Å². The molecule has 0 spiro atoms. The van der Waals surface area contributed by atoms with E-state index in [1.165, 1.54) is 4.90 Å². The summed E-state index contributed by atoms with van der Waals surface area (Å²) in [5.74, 6) is 0. The maximum atomic E-state index is 9.08. The quantitative estimate of drug-likeness (QED) is 0.477. The third-order valence-corrected chi connectivity index (χ3v) is 0.986. The van der Waals surface area contributed by atoms with Gasteiger partial charge in [-0.3, -0.25) is 0 Å². The van der Waals surface area contributed by atoms with E-state index < -0.39 is 10.1 Å². The van der Waals surface area contributed by atoms with Crippen molar-refractivity contribution in [1.29, 1.82) is 0 Å². The van der Waals surface area contributed by atoms with E-state index in [1.54, 1.807) is 0 Å². The van der Waals surface area contributed by atoms with Crippen LogP contribution in [0.1, 0.15) is 0 Å². The highest BCUT2D eigenvalue weighted by Crippen LogP contribution is 1.59. The summed E-state index contributed by atoms with van der Waals surface area (Å²) in [5.41, 5.74) is 0. The van der Waals surface area contributed by atoms with Gasteiger partial charge in [0.15, 0.2) is 0 Å². The third kappa shape index (κ3) is 34.7. The van der Waals surface area contributed by atoms with E-state index >= 15 is 0 Å². The largest absolute Gasteiger partial charge is 0.748 e. The lowest BCUT2D eigenvalue weighted by molar-refractivity contribution is -0.866. The molecular formula is C8H17NO3S. The van der Waals surface area contributed by atoms with Crippen LogP contribution in [0, 0.1) is 0 Å². The normalized spacial score (nSPS) is 10.2. The van der Waals surface area contributed by atoms with Gasteiger partial charge in [-0.15, -0.1) is 0 Å². The fraction of sp³-hybridized carbons (Fsp3) is 0.500. The zero-order valence-corrected chi connectivity index (χ0v) is 8.93. The van der Waals surface area contributed by atoms with E-state index in [0.29, 0.717) is 6.26 Å². The van der Waals surface area contributed by atoms with Crippen LogP contribution >= 0.6 is 0 Å². The molecule has 0 heterocycles. The van der Waals surface area contributed by atoms with Gasteiger partial charge >= 0.3 is 0 Å². The summed E-state index contributed by atoms with van der Waals surface area (Å²) in [4.78, 5) is 1.43. The maximum absolute atomic E-state index is 9.08. The molecule has 0 aromatic carbocycles. The average molecular weight is 207 g/mol. The van der Waals surface area contributed by atoms with E-state index in [4.69, 9.17) is 13.0 Å². The Kier molecular flexibility index (Phi) is 9.11. The van der Waals surface area contributed by atoms with Crippen molar-refractivity contribution < 1.29 is 17.9 Å². The lowest BCUT2D eigenvalue weighted by atomic mass is 10.5. The van der Waals surface area contributed by atoms with Gasteiger partial charge in [-0.1, -0.05) is 13.2 Å². The number of nitrogens with one attached hydrogen (secondary N) is 1. The third-order valence-electron chi connectivity index (χ3n) is 0.986. The second kappa shape index (κ2) is 7.97. The smallest absolute Gasteiger partial charge is 0.0955 e. The van der Waals surface area contributed by atoms with Gasteiger partial charge in [0.2, 0.25) is 0 Å². The van der Waals surface area contributed by atoms with Gasteiger partial charge in [-0.2, -0.15) is 0 Å². The number of rotatable bonds is 4. The Bertz CT molecular complexity index is 216. The molecule has 0 aliphatic heterocycles. The van der Waals surface area contributed by atoms with Crippen LogP contribution in [0.2, 0.25) is 0 Å². The molecule has 0 bridgehead atoms. The van der Waals surface area contributed by atoms with Crippen molar-refractivity contribution in [3.8, 4) is 0 Å². The highest BCUT2D eigenvalue weighted by molar-refractivity contribution is 7.84. The molecule has 0 unspecified atom stereocenters. The predicted molar refractivity (Wildman–Crippen MR) is 52.6 cm³/mol. The standard InChI is InChI=1S/C7H13N.CH4O3S/c1-4-6-8(3)7-5-2;1-5(2,3)4/h4-5H,1-2,6-7H2,3H3;1H3,(H,2,3,4). The zero-order chi connectivity index (χ0) is 10.9. The lowest BCUT2D eigenvalue weighted by Gasteiger charge is -2.06. The van der Waals surface area contributed by atoms with Gasteiger partial charge in [0.1, 0.15) is 0 Å². The molecule has 13 heavy (non-hydrogen) atoms. The highest BCUT2D eigenvalue weighted by atomic mass is 32.2. The van der Waals surface area contributed by atoms with Gasteiger partial charge in [0, 0.05) is 6.26 Å². The minimum Gasteiger partial charge on any atom is -0.748 e. The van der Waals surface area contributed by atoms with Gasteiger partial charge < -0.3 is 9.45 Å². The van der Waals surface area contributed by atoms with Crippen molar-refractivity contribution in [3.63, 3.8) is 0 Å². The van der Waals surface area contributed by atoms with Crippen LogP contribution in [0.15, 0.2) is 25.3 Å². The topological polar surface area (TPSA) is 61.6 Å². The first-order chi connectivity index (χ1) is 5.81. The molecule has 0 rings (SSSR count). The molecule has 0 aliphatic rings. The van der Waals surface area contributed by atoms with Crippen LogP contribution in [0.3, 0.4) is 0 Å². The Morgan fingerprint density at radius 1 is 1.31 bits per heavy atom. The summed E-state index contributed by atoms with van der Waals surface area (Å²) < 4.78 is 27.2. The zero-order valence-electron chi connectivity index (χ0n) is 8.12. The SMILES string of the molecule is C=CC[NH+](C)CC=C.CS(=O)(=O)[O-]. The first-order valence-corrected chi connectivity index (χ1v) is 5.56. The molecule has 0 aromatic heterocycles. The van der Waals surface area contributed by atoms with E-state index in [2.05, 4.69) is 20.2 Å². The Morgan fingerprint density at radius 3 is 1.69 bits per heavy atom. The molecule has 0 radical (unpaired) electrons. The maximum Gasteiger partial charge on any atom is 0.0955 e. The Labute approximate surface area is 80.3 Å². The summed E-state index contributed by atoms with van der Waals surface area (Å²) in [5, 5.41) is 0. The molecule has 0 atom stereocenters. The van der Waals surface area contributed by atoms with Gasteiger partial charge in [0.25, 0.3) is 0 Å². The first-order valence-electron chi connectivity index (χ1n) is 3.75. The van der Waals surface area contributed by atoms with Gasteiger partial charge in [0.05, 0.1) is 30.3 Å². The van der Waals surface area contributed by atoms with Crippen molar-refractivity contribution in [3.05, 3.63) is 25.3 Å². The Hall–Kier alpha value is -0.650. The first kappa shape index (κ1) is 14.9. The fourth-order valence-corrected chi connectivity index (χ4v) is 0.576. The number of quaternary nitrogens is 1. The minimum atomic E-state index is -3.92. The molecule has 78 valence electrons. The van der Waals surface area contributed by atoms with E-state index in [-0.39, 0.29) is 0 Å². The highest BCUT2D eigenvalue weighted by Gasteiger charge is 1.89. The second-order valence-corrected chi connectivity index (χ2v) is 4.06. The minimum absolute atomic E-state index is 0.604. The van der Waals surface area contributed by atoms with Crippen LogP contribution in [0.5, 0.6) is 0 Å². The van der Waals surface area contributed by atoms with Crippen molar-refractivity contribution in [2.75, 3.05) is 26.4 Å². The molecule has 0 aromatic rings. The average Bonchev–Trinajstić information content (AvgIpc) is 1.84. The number of hydrogen-bond donors (Lipinski definition) is 1. The van der Waals surface area contributed by atoms with E-state index in [9.17, 15) is 0 Å². The summed E-state index contributed by atoms with van der Waals surface area (Å²) in [7, 11) is -1.80. The molecule has 0 aliphatic carbocycles. The summed E-state index contributed by atoms with van der Waals surface area (Å²) >= 11 is 0. The molecule has 0 amide bonds. The van der Waals surface area contributed by atoms with Gasteiger partial charge in [-0.25, -0.2) is 8.42 Å². The summed E-state index contributed by atoms with van der Waals surface area (Å²) in [6.07, 6.45) is 4.44. The Morgan fingerprint density at radius 2 is 1.54 bits per heavy atom. The van der Waals surface area contributed by atoms with Crippen molar-refractivity contribution in [2.45, 2.75) is 0 Å². The van der Waals surface area contributed by atoms with Crippen molar-refractivity contribution in [1.82, 2.24) is 0 Å². The predicted octanol–water partition coefficient (Wildman–Crippen LogP) is -0.965. The molecule has 4 nitrogen and oxygen atoms in total. The number of hydrogen-bond acceptors (Lipinski definition) is 3. The van der Waals surface area contributed by atoms with E-state index in [1.807, 2.05) is 12.2 Å². The van der Waals surface area contributed by atoms with E-state index in [0.717, 1.165) is 13.1 Å². The molecular weight excluding hydrogens is 190 g/mol. The van der Waals surface area contributed by atoms with Crippen LogP contribution < -0.4 is 4.90 Å². The van der Waals surface area contributed by atoms with Gasteiger partial charge in [-0.05, 0) is 12.2 Å². The number of likely N-dealkylation sites (N-methyl/N-ethyl adjacent to an activating group) is 1. The van der Waals surface area contributed by atoms with Crippen LogP contribution in [0.25, 0.3) is 0 Å². The molecule has 1 N–H and O–H groups in total. The Balaban J connectivity index is 0. The van der Waals surface area contributed by atoms with Crippen LogP contribution in [-0.2, 0) is 10.1 Å². The van der Waals surface area contributed by atoms with Crippen LogP contribution in [-0.4, -0.2) is 39.4 Å². The molecule has 0 saturated carbocycles. The fourth-order valence-electron chi connectivity index (χ4n) is 0.576. The lowest BCUT2D eigenvalue weighted by Crippen LogP contribution is -3.08.